The van der Waals surface area contributed by atoms with Crippen molar-refractivity contribution in [2.45, 2.75) is 26.4 Å². The number of aliphatic hydroxyl groups is 1. The van der Waals surface area contributed by atoms with Crippen LogP contribution in [-0.4, -0.2) is 34.7 Å². The van der Waals surface area contributed by atoms with E-state index in [0.29, 0.717) is 5.57 Å². The van der Waals surface area contributed by atoms with Crippen LogP contribution in [0.15, 0.2) is 11.6 Å². The molecule has 14 heavy (non-hydrogen) atoms. The highest BCUT2D eigenvalue weighted by atomic mass is 16.4. The minimum Gasteiger partial charge on any atom is -0.479 e. The maximum absolute atomic E-state index is 11.2. The minimum absolute atomic E-state index is 0.275. The van der Waals surface area contributed by atoms with Gasteiger partial charge >= 0.3 is 5.97 Å². The number of carbonyl (C=O) groups excluding carboxylic acids is 1. The number of amides is 1. The molecule has 0 aromatic heterocycles. The smallest absolute Gasteiger partial charge is 0.334 e. The maximum atomic E-state index is 11.2. The van der Waals surface area contributed by atoms with Crippen LogP contribution in [0.1, 0.15) is 20.3 Å². The number of aliphatic hydroxyl groups excluding tert-OH is 1. The van der Waals surface area contributed by atoms with E-state index in [9.17, 15) is 9.59 Å². The molecule has 1 atom stereocenters. The molecular weight excluding hydrogens is 186 g/mol. The molecule has 0 fully saturated rings. The Kier molecular flexibility index (Phi) is 5.55. The summed E-state index contributed by atoms with van der Waals surface area (Å²) in [6.07, 6.45) is 0.914. The Labute approximate surface area is 82.4 Å². The van der Waals surface area contributed by atoms with Crippen molar-refractivity contribution < 1.29 is 19.8 Å². The lowest BCUT2D eigenvalue weighted by molar-refractivity contribution is -0.146. The Morgan fingerprint density at radius 1 is 1.50 bits per heavy atom. The molecule has 0 radical (unpaired) electrons. The fourth-order valence-corrected chi connectivity index (χ4v) is 0.815. The summed E-state index contributed by atoms with van der Waals surface area (Å²) in [5.41, 5.74) is 0.519. The SMILES string of the molecule is CC/C=C(/C)C(=O)NC[C@H](O)C(=O)O. The van der Waals surface area contributed by atoms with Crippen LogP contribution in [0.3, 0.4) is 0 Å². The van der Waals surface area contributed by atoms with Gasteiger partial charge in [-0.25, -0.2) is 4.79 Å². The Bertz CT molecular complexity index is 247. The molecule has 5 heteroatoms. The van der Waals surface area contributed by atoms with Crippen LogP contribution in [0.4, 0.5) is 0 Å². The second kappa shape index (κ2) is 6.15. The molecular formula is C9H15NO4. The Balaban J connectivity index is 3.97. The maximum Gasteiger partial charge on any atom is 0.334 e. The monoisotopic (exact) mass is 201 g/mol. The zero-order valence-electron chi connectivity index (χ0n) is 8.28. The van der Waals surface area contributed by atoms with E-state index >= 15 is 0 Å². The molecule has 0 aliphatic carbocycles. The van der Waals surface area contributed by atoms with E-state index in [1.165, 1.54) is 0 Å². The summed E-state index contributed by atoms with van der Waals surface area (Å²) in [6, 6.07) is 0. The van der Waals surface area contributed by atoms with Gasteiger partial charge in [0.05, 0.1) is 6.54 Å². The van der Waals surface area contributed by atoms with Gasteiger partial charge in [0.2, 0.25) is 5.91 Å². The van der Waals surface area contributed by atoms with Gasteiger partial charge in [0.1, 0.15) is 0 Å². The van der Waals surface area contributed by atoms with Crippen LogP contribution in [0, 0.1) is 0 Å². The van der Waals surface area contributed by atoms with E-state index < -0.39 is 12.1 Å². The fourth-order valence-electron chi connectivity index (χ4n) is 0.815. The van der Waals surface area contributed by atoms with Crippen molar-refractivity contribution in [2.75, 3.05) is 6.54 Å². The normalized spacial score (nSPS) is 13.5. The number of aliphatic carboxylic acids is 1. The van der Waals surface area contributed by atoms with Crippen LogP contribution in [0.25, 0.3) is 0 Å². The predicted octanol–water partition coefficient (Wildman–Crippen LogP) is -0.0956. The van der Waals surface area contributed by atoms with Gasteiger partial charge < -0.3 is 15.5 Å². The third kappa shape index (κ3) is 4.61. The number of nitrogens with one attached hydrogen (secondary N) is 1. The predicted molar refractivity (Wildman–Crippen MR) is 50.7 cm³/mol. The number of carboxylic acid groups (broad SMARTS) is 1. The average molecular weight is 201 g/mol. The van der Waals surface area contributed by atoms with Crippen molar-refractivity contribution in [1.29, 1.82) is 0 Å². The third-order valence-corrected chi connectivity index (χ3v) is 1.61. The summed E-state index contributed by atoms with van der Waals surface area (Å²) in [4.78, 5) is 21.4. The molecule has 0 bridgehead atoms. The van der Waals surface area contributed by atoms with Crippen molar-refractivity contribution >= 4 is 11.9 Å². The van der Waals surface area contributed by atoms with E-state index in [1.54, 1.807) is 13.0 Å². The van der Waals surface area contributed by atoms with Crippen LogP contribution in [0.2, 0.25) is 0 Å². The third-order valence-electron chi connectivity index (χ3n) is 1.61. The molecule has 0 aromatic carbocycles. The molecule has 0 aliphatic heterocycles. The van der Waals surface area contributed by atoms with Crippen LogP contribution in [-0.2, 0) is 9.59 Å². The molecule has 0 rings (SSSR count). The van der Waals surface area contributed by atoms with Crippen LogP contribution >= 0.6 is 0 Å². The molecule has 0 aromatic rings. The zero-order valence-corrected chi connectivity index (χ0v) is 8.28. The lowest BCUT2D eigenvalue weighted by Crippen LogP contribution is -2.36. The first kappa shape index (κ1) is 12.6. The second-order valence-electron chi connectivity index (χ2n) is 2.86. The number of hydrogen-bond donors (Lipinski definition) is 3. The second-order valence-corrected chi connectivity index (χ2v) is 2.86. The first-order chi connectivity index (χ1) is 6.49. The molecule has 80 valence electrons. The van der Waals surface area contributed by atoms with E-state index in [-0.39, 0.29) is 12.5 Å². The highest BCUT2D eigenvalue weighted by Crippen LogP contribution is 1.94. The molecule has 0 unspecified atom stereocenters. The van der Waals surface area contributed by atoms with Crippen molar-refractivity contribution in [3.8, 4) is 0 Å². The van der Waals surface area contributed by atoms with E-state index in [2.05, 4.69) is 5.32 Å². The first-order valence-corrected chi connectivity index (χ1v) is 4.34. The average Bonchev–Trinajstić information content (AvgIpc) is 2.13. The lowest BCUT2D eigenvalue weighted by atomic mass is 10.2. The number of rotatable bonds is 5. The topological polar surface area (TPSA) is 86.6 Å². The van der Waals surface area contributed by atoms with Crippen LogP contribution < -0.4 is 5.32 Å². The molecule has 0 aliphatic rings. The van der Waals surface area contributed by atoms with E-state index in [0.717, 1.165) is 6.42 Å². The fraction of sp³-hybridized carbons (Fsp3) is 0.556. The molecule has 5 nitrogen and oxygen atoms in total. The Morgan fingerprint density at radius 2 is 2.07 bits per heavy atom. The molecule has 3 N–H and O–H groups in total. The summed E-state index contributed by atoms with van der Waals surface area (Å²) in [5.74, 6) is -1.70. The van der Waals surface area contributed by atoms with E-state index in [1.807, 2.05) is 6.92 Å². The van der Waals surface area contributed by atoms with Crippen molar-refractivity contribution in [3.63, 3.8) is 0 Å². The standard InChI is InChI=1S/C9H15NO4/c1-3-4-6(2)8(12)10-5-7(11)9(13)14/h4,7,11H,3,5H2,1-2H3,(H,10,12)(H,13,14)/b6-4-/t7-/m0/s1. The number of carboxylic acids is 1. The van der Waals surface area contributed by atoms with Gasteiger partial charge in [0, 0.05) is 5.57 Å². The zero-order chi connectivity index (χ0) is 11.1. The lowest BCUT2D eigenvalue weighted by Gasteiger charge is -2.07. The number of hydrogen-bond acceptors (Lipinski definition) is 3. The molecule has 1 amide bonds. The molecule has 0 saturated carbocycles. The van der Waals surface area contributed by atoms with Gasteiger partial charge in [-0.05, 0) is 13.3 Å². The van der Waals surface area contributed by atoms with Gasteiger partial charge in [0.15, 0.2) is 6.10 Å². The molecule has 0 heterocycles. The summed E-state index contributed by atoms with van der Waals surface area (Å²) >= 11 is 0. The van der Waals surface area contributed by atoms with Gasteiger partial charge in [-0.3, -0.25) is 4.79 Å². The van der Waals surface area contributed by atoms with Crippen molar-refractivity contribution in [1.82, 2.24) is 5.32 Å². The summed E-state index contributed by atoms with van der Waals surface area (Å²) < 4.78 is 0. The van der Waals surface area contributed by atoms with Gasteiger partial charge in [-0.1, -0.05) is 13.0 Å². The summed E-state index contributed by atoms with van der Waals surface area (Å²) in [7, 11) is 0. The summed E-state index contributed by atoms with van der Waals surface area (Å²) in [6.45, 7) is 3.25. The van der Waals surface area contributed by atoms with Gasteiger partial charge in [-0.15, -0.1) is 0 Å². The van der Waals surface area contributed by atoms with Crippen molar-refractivity contribution in [2.24, 2.45) is 0 Å². The molecule has 0 spiro atoms. The Hall–Kier alpha value is -1.36. The quantitative estimate of drug-likeness (QED) is 0.542. The number of allylic oxidation sites excluding steroid dienone is 1. The van der Waals surface area contributed by atoms with Gasteiger partial charge in [-0.2, -0.15) is 0 Å². The Morgan fingerprint density at radius 3 is 2.50 bits per heavy atom. The van der Waals surface area contributed by atoms with E-state index in [4.69, 9.17) is 10.2 Å². The summed E-state index contributed by atoms with van der Waals surface area (Å²) in [5, 5.41) is 19.5. The molecule has 0 saturated heterocycles. The largest absolute Gasteiger partial charge is 0.479 e. The minimum atomic E-state index is -1.55. The highest BCUT2D eigenvalue weighted by molar-refractivity contribution is 5.93. The first-order valence-electron chi connectivity index (χ1n) is 4.34. The number of carbonyl (C=O) groups is 2. The van der Waals surface area contributed by atoms with Gasteiger partial charge in [0.25, 0.3) is 0 Å². The van der Waals surface area contributed by atoms with Crippen molar-refractivity contribution in [3.05, 3.63) is 11.6 Å². The highest BCUT2D eigenvalue weighted by Gasteiger charge is 2.14. The van der Waals surface area contributed by atoms with Crippen LogP contribution in [0.5, 0.6) is 0 Å².